The molecule has 1 N–H and O–H groups in total. The maximum Gasteiger partial charge on any atom is 0.251 e. The molecule has 1 aromatic rings. The summed E-state index contributed by atoms with van der Waals surface area (Å²) in [5.74, 6) is 0.0101. The summed E-state index contributed by atoms with van der Waals surface area (Å²) in [6.07, 6.45) is 1.03. The number of nitrogens with one attached hydrogen (secondary N) is 1. The fourth-order valence-electron chi connectivity index (χ4n) is 2.10. The van der Waals surface area contributed by atoms with E-state index in [9.17, 15) is 4.79 Å². The van der Waals surface area contributed by atoms with Crippen molar-refractivity contribution in [1.82, 2.24) is 5.32 Å². The standard InChI is InChI=1S/C16H24BrNO/c1-11-6-7-14(12(2)8-11)15(19)18-10-13(17)9-16(3,4)5/h6-8,13H,9-10H2,1-5H3,(H,18,19). The lowest BCUT2D eigenvalue weighted by molar-refractivity contribution is 0.0952. The lowest BCUT2D eigenvalue weighted by atomic mass is 9.90. The average Bonchev–Trinajstić information content (AvgIpc) is 2.23. The first kappa shape index (κ1) is 16.2. The molecule has 0 aliphatic heterocycles. The second-order valence-corrected chi connectivity index (χ2v) is 7.69. The highest BCUT2D eigenvalue weighted by Crippen LogP contribution is 2.24. The van der Waals surface area contributed by atoms with E-state index in [0.29, 0.717) is 11.4 Å². The van der Waals surface area contributed by atoms with Crippen LogP contribution in [0.25, 0.3) is 0 Å². The quantitative estimate of drug-likeness (QED) is 0.824. The summed E-state index contributed by atoms with van der Waals surface area (Å²) in [4.78, 5) is 12.4. The monoisotopic (exact) mass is 325 g/mol. The molecule has 106 valence electrons. The van der Waals surface area contributed by atoms with Gasteiger partial charge in [-0.1, -0.05) is 54.4 Å². The Balaban J connectivity index is 2.56. The molecule has 0 saturated carbocycles. The van der Waals surface area contributed by atoms with Crippen molar-refractivity contribution in [2.24, 2.45) is 5.41 Å². The number of aryl methyl sites for hydroxylation is 2. The van der Waals surface area contributed by atoms with Crippen LogP contribution in [0.3, 0.4) is 0 Å². The number of carbonyl (C=O) groups is 1. The van der Waals surface area contributed by atoms with Crippen LogP contribution in [0.15, 0.2) is 18.2 Å². The van der Waals surface area contributed by atoms with Crippen molar-refractivity contribution in [3.8, 4) is 0 Å². The molecule has 0 aromatic heterocycles. The minimum absolute atomic E-state index is 0.0101. The predicted molar refractivity (Wildman–Crippen MR) is 85.0 cm³/mol. The number of halogens is 1. The molecule has 1 unspecified atom stereocenters. The van der Waals surface area contributed by atoms with Crippen molar-refractivity contribution in [2.45, 2.75) is 45.9 Å². The number of carbonyl (C=O) groups excluding carboxylic acids is 1. The maximum absolute atomic E-state index is 12.1. The molecule has 1 amide bonds. The van der Waals surface area contributed by atoms with Crippen molar-refractivity contribution >= 4 is 21.8 Å². The lowest BCUT2D eigenvalue weighted by Crippen LogP contribution is -2.31. The van der Waals surface area contributed by atoms with Crippen LogP contribution in [0.5, 0.6) is 0 Å². The zero-order valence-electron chi connectivity index (χ0n) is 12.5. The van der Waals surface area contributed by atoms with Gasteiger partial charge >= 0.3 is 0 Å². The first-order chi connectivity index (χ1) is 8.69. The Bertz CT molecular complexity index is 449. The van der Waals surface area contributed by atoms with Gasteiger partial charge in [0.2, 0.25) is 0 Å². The summed E-state index contributed by atoms with van der Waals surface area (Å²) in [6, 6.07) is 5.91. The normalized spacial score (nSPS) is 13.2. The molecule has 0 fully saturated rings. The molecule has 0 aliphatic carbocycles. The Morgan fingerprint density at radius 2 is 1.95 bits per heavy atom. The molecule has 2 nitrogen and oxygen atoms in total. The van der Waals surface area contributed by atoms with Crippen LogP contribution in [-0.2, 0) is 0 Å². The number of rotatable bonds is 4. The molecule has 1 rings (SSSR count). The number of benzene rings is 1. The molecule has 1 aromatic carbocycles. The topological polar surface area (TPSA) is 29.1 Å². The second kappa shape index (κ2) is 6.56. The van der Waals surface area contributed by atoms with Crippen molar-refractivity contribution in [3.05, 3.63) is 34.9 Å². The Kier molecular flexibility index (Phi) is 5.60. The van der Waals surface area contributed by atoms with Crippen molar-refractivity contribution in [3.63, 3.8) is 0 Å². The molecule has 0 aliphatic rings. The maximum atomic E-state index is 12.1. The van der Waals surface area contributed by atoms with E-state index >= 15 is 0 Å². The number of amides is 1. The van der Waals surface area contributed by atoms with Crippen LogP contribution in [0.4, 0.5) is 0 Å². The summed E-state index contributed by atoms with van der Waals surface area (Å²) in [7, 11) is 0. The molecule has 19 heavy (non-hydrogen) atoms. The summed E-state index contributed by atoms with van der Waals surface area (Å²) in [5.41, 5.74) is 3.24. The fraction of sp³-hybridized carbons (Fsp3) is 0.562. The SMILES string of the molecule is Cc1ccc(C(=O)NCC(Br)CC(C)(C)C)c(C)c1. The molecule has 0 saturated heterocycles. The Hall–Kier alpha value is -0.830. The molecule has 0 bridgehead atoms. The molecule has 3 heteroatoms. The largest absolute Gasteiger partial charge is 0.351 e. The summed E-state index contributed by atoms with van der Waals surface area (Å²) < 4.78 is 0. The van der Waals surface area contributed by atoms with E-state index in [-0.39, 0.29) is 11.3 Å². The van der Waals surface area contributed by atoms with Crippen molar-refractivity contribution < 1.29 is 4.79 Å². The smallest absolute Gasteiger partial charge is 0.251 e. The van der Waals surface area contributed by atoms with Crippen LogP contribution >= 0.6 is 15.9 Å². The van der Waals surface area contributed by atoms with E-state index in [1.54, 1.807) is 0 Å². The van der Waals surface area contributed by atoms with Crippen molar-refractivity contribution in [1.29, 1.82) is 0 Å². The van der Waals surface area contributed by atoms with Gasteiger partial charge in [0.25, 0.3) is 5.91 Å². The van der Waals surface area contributed by atoms with Gasteiger partial charge in [-0.15, -0.1) is 0 Å². The van der Waals surface area contributed by atoms with Gasteiger partial charge in [0.1, 0.15) is 0 Å². The lowest BCUT2D eigenvalue weighted by Gasteiger charge is -2.22. The van der Waals surface area contributed by atoms with Gasteiger partial charge in [0.15, 0.2) is 0 Å². The van der Waals surface area contributed by atoms with Crippen LogP contribution < -0.4 is 5.32 Å². The Labute approximate surface area is 125 Å². The minimum Gasteiger partial charge on any atom is -0.351 e. The van der Waals surface area contributed by atoms with E-state index < -0.39 is 0 Å². The van der Waals surface area contributed by atoms with Gasteiger partial charge in [0, 0.05) is 16.9 Å². The van der Waals surface area contributed by atoms with Crippen LogP contribution in [0.1, 0.15) is 48.7 Å². The predicted octanol–water partition coefficient (Wildman–Crippen LogP) is 4.23. The van der Waals surface area contributed by atoms with Gasteiger partial charge in [0.05, 0.1) is 0 Å². The molecule has 0 heterocycles. The molecule has 0 radical (unpaired) electrons. The number of alkyl halides is 1. The van der Waals surface area contributed by atoms with E-state index in [0.717, 1.165) is 17.5 Å². The van der Waals surface area contributed by atoms with Crippen LogP contribution in [0.2, 0.25) is 0 Å². The van der Waals surface area contributed by atoms with Crippen LogP contribution in [0, 0.1) is 19.3 Å². The summed E-state index contributed by atoms with van der Waals surface area (Å²) >= 11 is 3.63. The highest BCUT2D eigenvalue weighted by Gasteiger charge is 2.17. The van der Waals surface area contributed by atoms with Crippen LogP contribution in [-0.4, -0.2) is 17.3 Å². The summed E-state index contributed by atoms with van der Waals surface area (Å²) in [6.45, 7) is 11.3. The number of hydrogen-bond donors (Lipinski definition) is 1. The highest BCUT2D eigenvalue weighted by molar-refractivity contribution is 9.09. The first-order valence-corrected chi connectivity index (χ1v) is 7.60. The van der Waals surface area contributed by atoms with E-state index in [1.807, 2.05) is 32.0 Å². The summed E-state index contributed by atoms with van der Waals surface area (Å²) in [5, 5.41) is 3.00. The van der Waals surface area contributed by atoms with Crippen molar-refractivity contribution in [2.75, 3.05) is 6.54 Å². The van der Waals surface area contributed by atoms with E-state index in [4.69, 9.17) is 0 Å². The second-order valence-electron chi connectivity index (χ2n) is 6.39. The third-order valence-corrected chi connectivity index (χ3v) is 3.59. The Morgan fingerprint density at radius 1 is 1.32 bits per heavy atom. The fourth-order valence-corrected chi connectivity index (χ4v) is 3.24. The zero-order valence-corrected chi connectivity index (χ0v) is 14.1. The molecule has 0 spiro atoms. The zero-order chi connectivity index (χ0) is 14.6. The minimum atomic E-state index is 0.0101. The van der Waals surface area contributed by atoms with Gasteiger partial charge in [-0.2, -0.15) is 0 Å². The first-order valence-electron chi connectivity index (χ1n) is 6.68. The Morgan fingerprint density at radius 3 is 2.47 bits per heavy atom. The average molecular weight is 326 g/mol. The van der Waals surface area contributed by atoms with Gasteiger partial charge in [-0.3, -0.25) is 4.79 Å². The highest BCUT2D eigenvalue weighted by atomic mass is 79.9. The number of hydrogen-bond acceptors (Lipinski definition) is 1. The van der Waals surface area contributed by atoms with Gasteiger partial charge in [-0.25, -0.2) is 0 Å². The van der Waals surface area contributed by atoms with E-state index in [1.165, 1.54) is 5.56 Å². The third kappa shape index (κ3) is 5.77. The molecular formula is C16H24BrNO. The molecular weight excluding hydrogens is 302 g/mol. The third-order valence-electron chi connectivity index (χ3n) is 2.94. The van der Waals surface area contributed by atoms with E-state index in [2.05, 4.69) is 42.0 Å². The van der Waals surface area contributed by atoms with Gasteiger partial charge < -0.3 is 5.32 Å². The molecule has 1 atom stereocenters. The van der Waals surface area contributed by atoms with Gasteiger partial charge in [-0.05, 0) is 37.3 Å².